The molecule has 0 amide bonds. The molecule has 174 valence electrons. The zero-order chi connectivity index (χ0) is 22.1. The zero-order valence-corrected chi connectivity index (χ0v) is 20.2. The second-order valence-corrected chi connectivity index (χ2v) is 9.97. The molecule has 0 aliphatic carbocycles. The van der Waals surface area contributed by atoms with Gasteiger partial charge in [0.2, 0.25) is 5.95 Å². The summed E-state index contributed by atoms with van der Waals surface area (Å²) in [5, 5.41) is 3.44. The fourth-order valence-electron chi connectivity index (χ4n) is 4.59. The maximum atomic E-state index is 4.59. The molecule has 0 bridgehead atoms. The van der Waals surface area contributed by atoms with Crippen molar-refractivity contribution in [2.75, 3.05) is 70.8 Å². The molecule has 31 heavy (non-hydrogen) atoms. The SMILES string of the molecule is CC(C)CN(CCCN1CCN(CCCNc2nc3ccccc3[nH]2)CC1)CC(C)C. The van der Waals surface area contributed by atoms with Crippen LogP contribution in [0.1, 0.15) is 40.5 Å². The standard InChI is InChI=1S/C25H44N6/c1-21(2)19-31(20-22(3)4)14-8-13-30-17-15-29(16-18-30)12-7-11-26-25-27-23-9-5-6-10-24(23)28-25/h5-6,9-10,21-22H,7-8,11-20H2,1-4H3,(H2,26,27,28). The van der Waals surface area contributed by atoms with E-state index in [0.29, 0.717) is 0 Å². The van der Waals surface area contributed by atoms with Gasteiger partial charge in [0.15, 0.2) is 0 Å². The van der Waals surface area contributed by atoms with E-state index in [1.807, 2.05) is 18.2 Å². The lowest BCUT2D eigenvalue weighted by Crippen LogP contribution is -2.47. The van der Waals surface area contributed by atoms with Crippen molar-refractivity contribution in [2.45, 2.75) is 40.5 Å². The first-order chi connectivity index (χ1) is 15.0. The molecule has 2 heterocycles. The van der Waals surface area contributed by atoms with Crippen molar-refractivity contribution in [3.8, 4) is 0 Å². The fourth-order valence-corrected chi connectivity index (χ4v) is 4.59. The van der Waals surface area contributed by atoms with Crippen LogP contribution in [0.4, 0.5) is 5.95 Å². The van der Waals surface area contributed by atoms with Crippen LogP contribution in [-0.4, -0.2) is 90.1 Å². The average Bonchev–Trinajstić information content (AvgIpc) is 3.14. The molecule has 0 atom stereocenters. The van der Waals surface area contributed by atoms with Crippen LogP contribution in [0.3, 0.4) is 0 Å². The third kappa shape index (κ3) is 8.43. The summed E-state index contributed by atoms with van der Waals surface area (Å²) >= 11 is 0. The zero-order valence-electron chi connectivity index (χ0n) is 20.2. The van der Waals surface area contributed by atoms with Gasteiger partial charge in [0, 0.05) is 45.8 Å². The molecule has 2 aromatic rings. The Kier molecular flexibility index (Phi) is 9.62. The molecule has 1 saturated heterocycles. The molecule has 6 nitrogen and oxygen atoms in total. The monoisotopic (exact) mass is 428 g/mol. The predicted octanol–water partition coefficient (Wildman–Crippen LogP) is 3.99. The van der Waals surface area contributed by atoms with Crippen molar-refractivity contribution < 1.29 is 0 Å². The number of imidazole rings is 1. The van der Waals surface area contributed by atoms with E-state index < -0.39 is 0 Å². The lowest BCUT2D eigenvalue weighted by molar-refractivity contribution is 0.124. The van der Waals surface area contributed by atoms with Crippen molar-refractivity contribution in [2.24, 2.45) is 11.8 Å². The third-order valence-electron chi connectivity index (χ3n) is 5.99. The molecule has 1 aromatic carbocycles. The molecule has 1 aliphatic heterocycles. The van der Waals surface area contributed by atoms with Crippen LogP contribution < -0.4 is 5.32 Å². The molecular formula is C25H44N6. The second kappa shape index (κ2) is 12.4. The lowest BCUT2D eigenvalue weighted by Gasteiger charge is -2.35. The number of fused-ring (bicyclic) bond motifs is 1. The Labute approximate surface area is 189 Å². The topological polar surface area (TPSA) is 50.4 Å². The molecule has 0 radical (unpaired) electrons. The van der Waals surface area contributed by atoms with Crippen molar-refractivity contribution in [1.29, 1.82) is 0 Å². The van der Waals surface area contributed by atoms with Gasteiger partial charge in [-0.15, -0.1) is 0 Å². The van der Waals surface area contributed by atoms with Crippen LogP contribution in [0.2, 0.25) is 0 Å². The number of hydrogen-bond acceptors (Lipinski definition) is 5. The van der Waals surface area contributed by atoms with Gasteiger partial charge in [-0.1, -0.05) is 39.8 Å². The number of nitrogens with one attached hydrogen (secondary N) is 2. The number of nitrogens with zero attached hydrogens (tertiary/aromatic N) is 4. The van der Waals surface area contributed by atoms with E-state index in [0.717, 1.165) is 48.3 Å². The van der Waals surface area contributed by atoms with Gasteiger partial charge in [-0.05, 0) is 56.4 Å². The number of hydrogen-bond donors (Lipinski definition) is 2. The minimum absolute atomic E-state index is 0.753. The molecule has 1 fully saturated rings. The molecule has 1 aromatic heterocycles. The highest BCUT2D eigenvalue weighted by molar-refractivity contribution is 5.77. The molecule has 3 rings (SSSR count). The number of piperazine rings is 1. The van der Waals surface area contributed by atoms with Gasteiger partial charge >= 0.3 is 0 Å². The normalized spacial score (nSPS) is 16.2. The van der Waals surface area contributed by atoms with Gasteiger partial charge < -0.3 is 25.0 Å². The maximum absolute atomic E-state index is 4.59. The maximum Gasteiger partial charge on any atom is 0.201 e. The van der Waals surface area contributed by atoms with E-state index in [2.05, 4.69) is 63.7 Å². The molecule has 2 N–H and O–H groups in total. The van der Waals surface area contributed by atoms with Crippen LogP contribution in [0, 0.1) is 11.8 Å². The molecular weight excluding hydrogens is 384 g/mol. The van der Waals surface area contributed by atoms with Gasteiger partial charge in [0.25, 0.3) is 0 Å². The summed E-state index contributed by atoms with van der Waals surface area (Å²) < 4.78 is 0. The number of benzene rings is 1. The van der Waals surface area contributed by atoms with Crippen molar-refractivity contribution in [3.05, 3.63) is 24.3 Å². The van der Waals surface area contributed by atoms with E-state index in [9.17, 15) is 0 Å². The highest BCUT2D eigenvalue weighted by atomic mass is 15.3. The molecule has 0 saturated carbocycles. The Morgan fingerprint density at radius 3 is 2.16 bits per heavy atom. The van der Waals surface area contributed by atoms with E-state index >= 15 is 0 Å². The number of anilines is 1. The summed E-state index contributed by atoms with van der Waals surface area (Å²) in [6.07, 6.45) is 2.44. The van der Waals surface area contributed by atoms with Gasteiger partial charge in [0.1, 0.15) is 0 Å². The first-order valence-corrected chi connectivity index (χ1v) is 12.4. The first-order valence-electron chi connectivity index (χ1n) is 12.4. The summed E-state index contributed by atoms with van der Waals surface area (Å²) in [5.74, 6) is 2.39. The number of aromatic amines is 1. The summed E-state index contributed by atoms with van der Waals surface area (Å²) in [6, 6.07) is 8.18. The van der Waals surface area contributed by atoms with Crippen LogP contribution in [-0.2, 0) is 0 Å². The Balaban J connectivity index is 1.26. The van der Waals surface area contributed by atoms with Crippen LogP contribution in [0.25, 0.3) is 11.0 Å². The van der Waals surface area contributed by atoms with E-state index in [-0.39, 0.29) is 0 Å². The summed E-state index contributed by atoms with van der Waals surface area (Å²) in [4.78, 5) is 15.9. The highest BCUT2D eigenvalue weighted by Crippen LogP contribution is 2.13. The number of H-pyrrole nitrogens is 1. The van der Waals surface area contributed by atoms with Crippen molar-refractivity contribution in [1.82, 2.24) is 24.7 Å². The number of para-hydroxylation sites is 2. The van der Waals surface area contributed by atoms with Crippen molar-refractivity contribution >= 4 is 17.0 Å². The third-order valence-corrected chi connectivity index (χ3v) is 5.99. The van der Waals surface area contributed by atoms with Crippen LogP contribution in [0.15, 0.2) is 24.3 Å². The van der Waals surface area contributed by atoms with E-state index in [4.69, 9.17) is 0 Å². The van der Waals surface area contributed by atoms with Gasteiger partial charge in [-0.25, -0.2) is 4.98 Å². The van der Waals surface area contributed by atoms with Crippen LogP contribution in [0.5, 0.6) is 0 Å². The quantitative estimate of drug-likeness (QED) is 0.473. The number of rotatable bonds is 13. The predicted molar refractivity (Wildman–Crippen MR) is 133 cm³/mol. The van der Waals surface area contributed by atoms with Gasteiger partial charge in [-0.3, -0.25) is 0 Å². The average molecular weight is 429 g/mol. The summed E-state index contributed by atoms with van der Waals surface area (Å²) in [6.45, 7) is 21.2. The molecule has 0 unspecified atom stereocenters. The van der Waals surface area contributed by atoms with E-state index in [1.54, 1.807) is 0 Å². The van der Waals surface area contributed by atoms with Gasteiger partial charge in [-0.2, -0.15) is 0 Å². The summed E-state index contributed by atoms with van der Waals surface area (Å²) in [7, 11) is 0. The Hall–Kier alpha value is -1.63. The van der Waals surface area contributed by atoms with Crippen molar-refractivity contribution in [3.63, 3.8) is 0 Å². The first kappa shape index (κ1) is 24.0. The minimum Gasteiger partial charge on any atom is -0.356 e. The Morgan fingerprint density at radius 2 is 1.55 bits per heavy atom. The summed E-state index contributed by atoms with van der Waals surface area (Å²) in [5.41, 5.74) is 2.12. The minimum atomic E-state index is 0.753. The fraction of sp³-hybridized carbons (Fsp3) is 0.720. The largest absolute Gasteiger partial charge is 0.356 e. The van der Waals surface area contributed by atoms with Crippen LogP contribution >= 0.6 is 0 Å². The van der Waals surface area contributed by atoms with E-state index in [1.165, 1.54) is 58.8 Å². The van der Waals surface area contributed by atoms with Gasteiger partial charge in [0.05, 0.1) is 11.0 Å². The molecule has 0 spiro atoms. The molecule has 1 aliphatic rings. The Morgan fingerprint density at radius 1 is 0.935 bits per heavy atom. The Bertz CT molecular complexity index is 704. The lowest BCUT2D eigenvalue weighted by atomic mass is 10.1. The smallest absolute Gasteiger partial charge is 0.201 e. The molecule has 6 heteroatoms. The highest BCUT2D eigenvalue weighted by Gasteiger charge is 2.17. The number of aromatic nitrogens is 2. The second-order valence-electron chi connectivity index (χ2n) is 9.97.